The minimum atomic E-state index is -4.66. The molecule has 0 radical (unpaired) electrons. The van der Waals surface area contributed by atoms with Crippen molar-refractivity contribution < 1.29 is 42.9 Å². The number of unbranched alkanes of at least 4 members (excludes halogenated alkanes) is 14. The van der Waals surface area contributed by atoms with E-state index >= 15 is 0 Å². The van der Waals surface area contributed by atoms with Crippen molar-refractivity contribution in [2.45, 2.75) is 147 Å². The summed E-state index contributed by atoms with van der Waals surface area (Å²) in [6.07, 6.45) is 15.7. The van der Waals surface area contributed by atoms with Gasteiger partial charge in [-0.3, -0.25) is 9.05 Å². The topological polar surface area (TPSA) is 204 Å². The number of anilines is 1. The summed E-state index contributed by atoms with van der Waals surface area (Å²) in [6.45, 7) is 3.79. The Morgan fingerprint density at radius 2 is 1.55 bits per heavy atom. The molecule has 5 N–H and O–H groups in total. The Hall–Kier alpha value is -2.96. The Labute approximate surface area is 325 Å². The number of nitrogens with two attached hydrogens (primary N) is 1. The minimum absolute atomic E-state index is 0.128. The van der Waals surface area contributed by atoms with Gasteiger partial charge in [-0.25, -0.2) is 14.1 Å². The lowest BCUT2D eigenvalue weighted by atomic mass is 9.93. The highest BCUT2D eigenvalue weighted by molar-refractivity contribution is 7.47. The molecule has 0 saturated carbocycles. The number of nitriles is 1. The van der Waals surface area contributed by atoms with Crippen molar-refractivity contribution in [3.63, 3.8) is 0 Å². The minimum Gasteiger partial charge on any atom is -0.387 e. The molecule has 6 atom stereocenters. The van der Waals surface area contributed by atoms with Gasteiger partial charge >= 0.3 is 7.82 Å². The van der Waals surface area contributed by atoms with Gasteiger partial charge < -0.3 is 35.1 Å². The van der Waals surface area contributed by atoms with E-state index in [0.29, 0.717) is 23.4 Å². The maximum atomic E-state index is 13.0. The molecule has 4 rings (SSSR count). The van der Waals surface area contributed by atoms with E-state index in [9.17, 15) is 19.7 Å². The highest BCUT2D eigenvalue weighted by Gasteiger charge is 2.54. The predicted molar refractivity (Wildman–Crippen MR) is 209 cm³/mol. The molecule has 1 aliphatic heterocycles. The molecule has 14 nitrogen and oxygen atoms in total. The van der Waals surface area contributed by atoms with Crippen LogP contribution in [-0.2, 0) is 40.0 Å². The first-order valence-corrected chi connectivity index (χ1v) is 21.5. The molecule has 3 aromatic rings. The molecule has 2 aromatic heterocycles. The van der Waals surface area contributed by atoms with Crippen molar-refractivity contribution in [1.82, 2.24) is 14.6 Å². The van der Waals surface area contributed by atoms with Crippen LogP contribution in [-0.4, -0.2) is 80.5 Å². The molecule has 55 heavy (non-hydrogen) atoms. The van der Waals surface area contributed by atoms with Crippen LogP contribution in [0.15, 0.2) is 42.7 Å². The predicted octanol–water partition coefficient (Wildman–Crippen LogP) is 7.13. The number of aromatic nitrogens is 3. The van der Waals surface area contributed by atoms with E-state index in [1.54, 1.807) is 43.3 Å². The van der Waals surface area contributed by atoms with Crippen molar-refractivity contribution in [2.75, 3.05) is 32.2 Å². The van der Waals surface area contributed by atoms with Crippen LogP contribution in [0.1, 0.15) is 127 Å². The fourth-order valence-corrected chi connectivity index (χ4v) is 7.63. The summed E-state index contributed by atoms with van der Waals surface area (Å²) < 4.78 is 43.0. The van der Waals surface area contributed by atoms with E-state index in [0.717, 1.165) is 24.8 Å². The zero-order chi connectivity index (χ0) is 39.5. The first-order chi connectivity index (χ1) is 26.6. The van der Waals surface area contributed by atoms with Crippen LogP contribution in [0.5, 0.6) is 0 Å². The molecule has 1 aromatic carbocycles. The lowest BCUT2D eigenvalue weighted by molar-refractivity contribution is -0.0901. The largest absolute Gasteiger partial charge is 0.472 e. The number of rotatable bonds is 28. The van der Waals surface area contributed by atoms with E-state index < -0.39 is 44.4 Å². The van der Waals surface area contributed by atoms with E-state index in [4.69, 9.17) is 34.3 Å². The van der Waals surface area contributed by atoms with Gasteiger partial charge in [0.15, 0.2) is 5.82 Å². The zero-order valence-electron chi connectivity index (χ0n) is 32.6. The standard InChI is InChI=1S/C40H62N5O9P/c1-3-4-5-6-7-8-9-10-11-12-13-14-15-16-17-24-50-27-33(51-26-32-20-18-31(25-41)19-21-32)28-52-55(48,49)53-29-35-37(46)38(47)40(2,54-35)36-23-22-34-39(42)43-30-44-45(34)36/h18-23,30,33,35,37-38,46-47H,3-17,24,26-29H2,1-2H3,(H,48,49)(H2,42,43,44)/t33-,35-,37-,38-,40+/m1/s1. The van der Waals surface area contributed by atoms with Crippen LogP contribution in [0.2, 0.25) is 0 Å². The number of hydrogen-bond donors (Lipinski definition) is 4. The second kappa shape index (κ2) is 23.3. The molecule has 0 amide bonds. The first-order valence-electron chi connectivity index (χ1n) is 20.0. The third-order valence-corrected chi connectivity index (χ3v) is 11.2. The second-order valence-electron chi connectivity index (χ2n) is 14.7. The van der Waals surface area contributed by atoms with Gasteiger partial charge in [0.25, 0.3) is 0 Å². The van der Waals surface area contributed by atoms with Gasteiger partial charge in [0.1, 0.15) is 41.9 Å². The summed E-state index contributed by atoms with van der Waals surface area (Å²) in [6, 6.07) is 12.3. The molecule has 306 valence electrons. The molecule has 0 aliphatic carbocycles. The number of phosphoric ester groups is 1. The Balaban J connectivity index is 1.17. The van der Waals surface area contributed by atoms with Crippen molar-refractivity contribution in [1.29, 1.82) is 5.26 Å². The Kier molecular flexibility index (Phi) is 19.0. The van der Waals surface area contributed by atoms with Gasteiger partial charge in [-0.2, -0.15) is 10.4 Å². The van der Waals surface area contributed by atoms with Crippen LogP contribution in [0.4, 0.5) is 5.82 Å². The lowest BCUT2D eigenvalue weighted by Gasteiger charge is -2.27. The number of nitrogen functional groups attached to an aromatic ring is 1. The van der Waals surface area contributed by atoms with Crippen LogP contribution in [0, 0.1) is 11.3 Å². The van der Waals surface area contributed by atoms with Crippen molar-refractivity contribution in [2.24, 2.45) is 0 Å². The summed E-state index contributed by atoms with van der Waals surface area (Å²) >= 11 is 0. The van der Waals surface area contributed by atoms with Gasteiger partial charge in [0.05, 0.1) is 43.8 Å². The smallest absolute Gasteiger partial charge is 0.387 e. The quantitative estimate of drug-likeness (QED) is 0.0428. The molecule has 1 aliphatic rings. The van der Waals surface area contributed by atoms with Crippen LogP contribution in [0.3, 0.4) is 0 Å². The third kappa shape index (κ3) is 14.2. The molecule has 1 saturated heterocycles. The van der Waals surface area contributed by atoms with E-state index in [1.165, 1.54) is 87.9 Å². The lowest BCUT2D eigenvalue weighted by Crippen LogP contribution is -2.39. The molecule has 15 heteroatoms. The van der Waals surface area contributed by atoms with E-state index in [-0.39, 0.29) is 25.6 Å². The molecular formula is C40H62N5O9P. The fourth-order valence-electron chi connectivity index (χ4n) is 6.86. The number of aliphatic hydroxyl groups excluding tert-OH is 2. The summed E-state index contributed by atoms with van der Waals surface area (Å²) in [5.41, 5.74) is 6.74. The maximum Gasteiger partial charge on any atom is 0.472 e. The van der Waals surface area contributed by atoms with Crippen molar-refractivity contribution in [3.05, 3.63) is 59.5 Å². The highest BCUT2D eigenvalue weighted by atomic mass is 31.2. The second-order valence-corrected chi connectivity index (χ2v) is 16.1. The SMILES string of the molecule is CCCCCCCCCCCCCCCCCOC[C@H](COP(=O)(O)OC[C@H]1O[C@@](C)(c2ccc3c(N)ncnn23)[C@H](O)[C@@H]1O)OCc1ccc(C#N)cc1. The normalized spacial score (nSPS) is 21.5. The van der Waals surface area contributed by atoms with Crippen LogP contribution in [0.25, 0.3) is 5.52 Å². The Morgan fingerprint density at radius 1 is 0.927 bits per heavy atom. The monoisotopic (exact) mass is 787 g/mol. The van der Waals surface area contributed by atoms with E-state index in [1.807, 2.05) is 0 Å². The average Bonchev–Trinajstić information content (AvgIpc) is 3.72. The molecule has 3 heterocycles. The summed E-state index contributed by atoms with van der Waals surface area (Å²) in [4.78, 5) is 14.5. The number of nitrogens with zero attached hydrogens (tertiary/aromatic N) is 4. The zero-order valence-corrected chi connectivity index (χ0v) is 33.5. The van der Waals surface area contributed by atoms with Crippen LogP contribution >= 0.6 is 7.82 Å². The van der Waals surface area contributed by atoms with Gasteiger partial charge in [-0.05, 0) is 43.2 Å². The van der Waals surface area contributed by atoms with Gasteiger partial charge in [0, 0.05) is 6.61 Å². The number of benzene rings is 1. The number of phosphoric acid groups is 1. The molecule has 0 bridgehead atoms. The van der Waals surface area contributed by atoms with Gasteiger partial charge in [0.2, 0.25) is 0 Å². The fraction of sp³-hybridized carbons (Fsp3) is 0.675. The average molecular weight is 788 g/mol. The number of hydrogen-bond acceptors (Lipinski definition) is 12. The summed E-state index contributed by atoms with van der Waals surface area (Å²) in [7, 11) is -4.66. The molecule has 1 fully saturated rings. The molecule has 1 unspecified atom stereocenters. The number of ether oxygens (including phenoxy) is 3. The van der Waals surface area contributed by atoms with Gasteiger partial charge in [-0.15, -0.1) is 0 Å². The molecule has 0 spiro atoms. The van der Waals surface area contributed by atoms with E-state index in [2.05, 4.69) is 23.1 Å². The first kappa shape index (κ1) is 44.8. The third-order valence-electron chi connectivity index (χ3n) is 10.2. The Morgan fingerprint density at radius 3 is 2.16 bits per heavy atom. The molecular weight excluding hydrogens is 725 g/mol. The number of fused-ring (bicyclic) bond motifs is 1. The van der Waals surface area contributed by atoms with Crippen molar-refractivity contribution in [3.8, 4) is 6.07 Å². The highest BCUT2D eigenvalue weighted by Crippen LogP contribution is 2.46. The van der Waals surface area contributed by atoms with Gasteiger partial charge in [-0.1, -0.05) is 109 Å². The summed E-state index contributed by atoms with van der Waals surface area (Å²) in [5.74, 6) is 0.228. The summed E-state index contributed by atoms with van der Waals surface area (Å²) in [5, 5.41) is 35.1. The number of aliphatic hydroxyl groups is 2. The van der Waals surface area contributed by atoms with Crippen molar-refractivity contribution >= 4 is 19.2 Å². The Bertz CT molecular complexity index is 1640. The maximum absolute atomic E-state index is 13.0. The van der Waals surface area contributed by atoms with Crippen LogP contribution < -0.4 is 5.73 Å².